The third-order valence-corrected chi connectivity index (χ3v) is 6.57. The molecule has 0 saturated carbocycles. The first-order valence-corrected chi connectivity index (χ1v) is 11.6. The van der Waals surface area contributed by atoms with Gasteiger partial charge in [0.05, 0.1) is 17.8 Å². The van der Waals surface area contributed by atoms with Crippen molar-refractivity contribution >= 4 is 27.8 Å². The van der Waals surface area contributed by atoms with Gasteiger partial charge in [0.1, 0.15) is 5.52 Å². The van der Waals surface area contributed by atoms with E-state index in [0.29, 0.717) is 18.6 Å². The third kappa shape index (κ3) is 4.04. The second kappa shape index (κ2) is 8.83. The van der Waals surface area contributed by atoms with E-state index in [0.717, 1.165) is 53.9 Å². The number of fused-ring (bicyclic) bond motifs is 2. The zero-order chi connectivity index (χ0) is 22.9. The second-order valence-electron chi connectivity index (χ2n) is 8.94. The first-order chi connectivity index (χ1) is 16.0. The van der Waals surface area contributed by atoms with Crippen molar-refractivity contribution in [1.82, 2.24) is 19.1 Å². The second-order valence-corrected chi connectivity index (χ2v) is 8.94. The Balaban J connectivity index is 1.63. The van der Waals surface area contributed by atoms with Gasteiger partial charge in [-0.25, -0.2) is 4.98 Å². The number of hydrogen-bond donors (Lipinski definition) is 1. The number of benzene rings is 1. The van der Waals surface area contributed by atoms with Crippen LogP contribution in [0.5, 0.6) is 0 Å². The van der Waals surface area contributed by atoms with Crippen LogP contribution in [0, 0.1) is 0 Å². The summed E-state index contributed by atoms with van der Waals surface area (Å²) in [6.45, 7) is 6.80. The maximum atomic E-state index is 13.7. The van der Waals surface area contributed by atoms with Gasteiger partial charge in [-0.2, -0.15) is 0 Å². The van der Waals surface area contributed by atoms with Gasteiger partial charge in [0, 0.05) is 43.5 Å². The molecule has 0 radical (unpaired) electrons. The summed E-state index contributed by atoms with van der Waals surface area (Å²) in [7, 11) is 0. The number of imidazole rings is 1. The Hall–Kier alpha value is -3.45. The zero-order valence-electron chi connectivity index (χ0n) is 19.2. The molecule has 170 valence electrons. The van der Waals surface area contributed by atoms with E-state index >= 15 is 0 Å². The van der Waals surface area contributed by atoms with Crippen LogP contribution in [0.1, 0.15) is 32.4 Å². The highest BCUT2D eigenvalue weighted by Gasteiger charge is 2.24. The van der Waals surface area contributed by atoms with E-state index < -0.39 is 0 Å². The van der Waals surface area contributed by atoms with E-state index in [1.54, 1.807) is 10.8 Å². The fraction of sp³-hybridized carbons (Fsp3) is 0.346. The fourth-order valence-corrected chi connectivity index (χ4v) is 4.68. The maximum absolute atomic E-state index is 13.7. The summed E-state index contributed by atoms with van der Waals surface area (Å²) < 4.78 is 3.81. The molecule has 7 nitrogen and oxygen atoms in total. The van der Waals surface area contributed by atoms with Crippen molar-refractivity contribution < 1.29 is 0 Å². The van der Waals surface area contributed by atoms with Gasteiger partial charge in [0.2, 0.25) is 5.95 Å². The van der Waals surface area contributed by atoms with Gasteiger partial charge < -0.3 is 19.8 Å². The summed E-state index contributed by atoms with van der Waals surface area (Å²) in [4.78, 5) is 25.4. The minimum Gasteiger partial charge on any atom is -0.341 e. The Labute approximate surface area is 193 Å². The average molecular weight is 443 g/mol. The van der Waals surface area contributed by atoms with Crippen LogP contribution >= 0.6 is 0 Å². The highest BCUT2D eigenvalue weighted by molar-refractivity contribution is 5.84. The lowest BCUT2D eigenvalue weighted by molar-refractivity contribution is 0.495. The highest BCUT2D eigenvalue weighted by atomic mass is 16.1. The number of piperidine rings is 1. The molecule has 1 atom stereocenters. The predicted molar refractivity (Wildman–Crippen MR) is 134 cm³/mol. The molecule has 3 aromatic heterocycles. The minimum absolute atomic E-state index is 0.0498. The molecular formula is C26H30N6O. The van der Waals surface area contributed by atoms with Gasteiger partial charge >= 0.3 is 0 Å². The largest absolute Gasteiger partial charge is 0.341 e. The molecule has 1 aliphatic heterocycles. The molecule has 2 N–H and O–H groups in total. The molecule has 33 heavy (non-hydrogen) atoms. The van der Waals surface area contributed by atoms with Crippen LogP contribution in [0.3, 0.4) is 0 Å². The minimum atomic E-state index is -0.0498. The summed E-state index contributed by atoms with van der Waals surface area (Å²) in [5, 5.41) is 2.18. The summed E-state index contributed by atoms with van der Waals surface area (Å²) in [5.74, 6) is 0.833. The topological polar surface area (TPSA) is 82.0 Å². The summed E-state index contributed by atoms with van der Waals surface area (Å²) in [6, 6.07) is 12.2. The lowest BCUT2D eigenvalue weighted by atomic mass is 10.1. The van der Waals surface area contributed by atoms with Gasteiger partial charge in [-0.1, -0.05) is 35.9 Å². The highest BCUT2D eigenvalue weighted by Crippen LogP contribution is 2.25. The number of anilines is 1. The first-order valence-electron chi connectivity index (χ1n) is 11.6. The van der Waals surface area contributed by atoms with Crippen LogP contribution in [0.25, 0.3) is 21.8 Å². The number of aromatic nitrogens is 4. The molecule has 4 heterocycles. The average Bonchev–Trinajstić information content (AvgIpc) is 3.20. The van der Waals surface area contributed by atoms with Gasteiger partial charge in [0.15, 0.2) is 0 Å². The van der Waals surface area contributed by atoms with Crippen LogP contribution in [-0.2, 0) is 13.1 Å². The van der Waals surface area contributed by atoms with Crippen LogP contribution in [0.15, 0.2) is 65.2 Å². The molecule has 1 aromatic carbocycles. The van der Waals surface area contributed by atoms with Gasteiger partial charge in [-0.3, -0.25) is 9.78 Å². The molecule has 0 spiro atoms. The molecular weight excluding hydrogens is 412 g/mol. The van der Waals surface area contributed by atoms with Crippen molar-refractivity contribution in [3.05, 3.63) is 76.5 Å². The summed E-state index contributed by atoms with van der Waals surface area (Å²) >= 11 is 0. The van der Waals surface area contributed by atoms with E-state index in [4.69, 9.17) is 10.7 Å². The van der Waals surface area contributed by atoms with Crippen molar-refractivity contribution in [2.45, 2.75) is 45.8 Å². The standard InChI is InChI=1S/C26H30N6O/c1-3-18(2)15-32-24-22(29-26(32)31-13-6-8-20(27)16-31)11-14-30(25(24)33)17-23-21-9-5-4-7-19(21)10-12-28-23/h3-5,7,9-12,14,20H,6,8,13,15-17,27H2,1-2H3. The molecule has 0 bridgehead atoms. The van der Waals surface area contributed by atoms with Crippen LogP contribution in [-0.4, -0.2) is 38.2 Å². The number of rotatable bonds is 5. The van der Waals surface area contributed by atoms with Gasteiger partial charge in [-0.05, 0) is 44.2 Å². The Morgan fingerprint density at radius 3 is 2.91 bits per heavy atom. The number of pyridine rings is 2. The molecule has 4 aromatic rings. The Morgan fingerprint density at radius 2 is 2.09 bits per heavy atom. The van der Waals surface area contributed by atoms with Crippen molar-refractivity contribution in [2.24, 2.45) is 5.73 Å². The third-order valence-electron chi connectivity index (χ3n) is 6.57. The van der Waals surface area contributed by atoms with Crippen molar-refractivity contribution in [1.29, 1.82) is 0 Å². The molecule has 0 aliphatic carbocycles. The van der Waals surface area contributed by atoms with Crippen LogP contribution < -0.4 is 16.2 Å². The lowest BCUT2D eigenvalue weighted by Crippen LogP contribution is -2.44. The molecule has 1 saturated heterocycles. The van der Waals surface area contributed by atoms with E-state index in [9.17, 15) is 4.79 Å². The van der Waals surface area contributed by atoms with Gasteiger partial charge in [0.25, 0.3) is 5.56 Å². The number of hydrogen-bond acceptors (Lipinski definition) is 5. The monoisotopic (exact) mass is 442 g/mol. The molecule has 1 aliphatic rings. The zero-order valence-corrected chi connectivity index (χ0v) is 19.2. The van der Waals surface area contributed by atoms with Gasteiger partial charge in [-0.15, -0.1) is 0 Å². The normalized spacial score (nSPS) is 17.2. The number of allylic oxidation sites excluding steroid dienone is 2. The number of nitrogens with two attached hydrogens (primary N) is 1. The van der Waals surface area contributed by atoms with Crippen molar-refractivity contribution in [3.63, 3.8) is 0 Å². The summed E-state index contributed by atoms with van der Waals surface area (Å²) in [5.41, 5.74) is 9.63. The first kappa shape index (κ1) is 21.4. The van der Waals surface area contributed by atoms with Crippen LogP contribution in [0.2, 0.25) is 0 Å². The Bertz CT molecular complexity index is 1390. The quantitative estimate of drug-likeness (QED) is 0.477. The summed E-state index contributed by atoms with van der Waals surface area (Å²) in [6.07, 6.45) is 7.77. The van der Waals surface area contributed by atoms with Crippen molar-refractivity contribution in [3.8, 4) is 0 Å². The fourth-order valence-electron chi connectivity index (χ4n) is 4.68. The van der Waals surface area contributed by atoms with E-state index in [1.165, 1.54) is 5.57 Å². The van der Waals surface area contributed by atoms with Crippen LogP contribution in [0.4, 0.5) is 5.95 Å². The Morgan fingerprint density at radius 1 is 1.24 bits per heavy atom. The van der Waals surface area contributed by atoms with Crippen molar-refractivity contribution in [2.75, 3.05) is 18.0 Å². The SMILES string of the molecule is CC=C(C)Cn1c(N2CCCC(N)C2)nc2ccn(Cc3nccc4ccccc34)c(=O)c21. The molecule has 7 heteroatoms. The molecule has 1 unspecified atom stereocenters. The predicted octanol–water partition coefficient (Wildman–Crippen LogP) is 3.69. The lowest BCUT2D eigenvalue weighted by Gasteiger charge is -2.32. The Kier molecular flexibility index (Phi) is 5.72. The smallest absolute Gasteiger partial charge is 0.277 e. The number of nitrogens with zero attached hydrogens (tertiary/aromatic N) is 5. The van der Waals surface area contributed by atoms with E-state index in [1.807, 2.05) is 37.4 Å². The molecule has 5 rings (SSSR count). The molecule has 0 amide bonds. The van der Waals surface area contributed by atoms with E-state index in [2.05, 4.69) is 39.6 Å². The molecule has 1 fully saturated rings. The van der Waals surface area contributed by atoms with E-state index in [-0.39, 0.29) is 11.6 Å². The maximum Gasteiger partial charge on any atom is 0.277 e.